The van der Waals surface area contributed by atoms with E-state index < -0.39 is 0 Å². The molecule has 86 valence electrons. The Kier molecular flexibility index (Phi) is 3.41. The Labute approximate surface area is 100 Å². The van der Waals surface area contributed by atoms with Gasteiger partial charge in [-0.1, -0.05) is 12.1 Å². The summed E-state index contributed by atoms with van der Waals surface area (Å²) in [5.74, 6) is 0.610. The van der Waals surface area contributed by atoms with Gasteiger partial charge in [0.25, 0.3) is 0 Å². The second-order valence-corrected chi connectivity index (χ2v) is 3.60. The molecule has 4 nitrogen and oxygen atoms in total. The van der Waals surface area contributed by atoms with Crippen LogP contribution in [0.2, 0.25) is 0 Å². The topological polar surface area (TPSA) is 50.8 Å². The maximum atomic E-state index is 8.91. The molecule has 1 aromatic carbocycles. The van der Waals surface area contributed by atoms with Crippen LogP contribution in [-0.2, 0) is 13.2 Å². The predicted octanol–water partition coefficient (Wildman–Crippen LogP) is 2.35. The lowest BCUT2D eigenvalue weighted by Gasteiger charge is -2.05. The molecule has 0 N–H and O–H groups in total. The van der Waals surface area contributed by atoms with Gasteiger partial charge in [0.15, 0.2) is 0 Å². The minimum atomic E-state index is 0.429. The van der Waals surface area contributed by atoms with E-state index in [0.717, 1.165) is 12.1 Å². The molecule has 0 unspecified atom stereocenters. The molecule has 2 rings (SSSR count). The fraction of sp³-hybridized carbons (Fsp3) is 0.231. The number of nitriles is 1. The second-order valence-electron chi connectivity index (χ2n) is 3.60. The molecule has 0 amide bonds. The van der Waals surface area contributed by atoms with Crippen LogP contribution in [0.5, 0.6) is 5.75 Å². The summed E-state index contributed by atoms with van der Waals surface area (Å²) in [6, 6.07) is 9.31. The van der Waals surface area contributed by atoms with Gasteiger partial charge in [0.2, 0.25) is 0 Å². The van der Waals surface area contributed by atoms with Crippen molar-refractivity contribution in [2.75, 3.05) is 0 Å². The average Bonchev–Trinajstić information content (AvgIpc) is 2.84. The maximum absolute atomic E-state index is 8.91. The zero-order valence-electron chi connectivity index (χ0n) is 9.63. The van der Waals surface area contributed by atoms with Crippen molar-refractivity contribution in [2.45, 2.75) is 20.1 Å². The van der Waals surface area contributed by atoms with E-state index in [1.54, 1.807) is 18.3 Å². The summed E-state index contributed by atoms with van der Waals surface area (Å²) in [5.41, 5.74) is 1.55. The van der Waals surface area contributed by atoms with E-state index in [-0.39, 0.29) is 0 Å². The monoisotopic (exact) mass is 227 g/mol. The van der Waals surface area contributed by atoms with E-state index in [1.165, 1.54) is 0 Å². The van der Waals surface area contributed by atoms with Gasteiger partial charge in [-0.15, -0.1) is 0 Å². The number of hydrogen-bond donors (Lipinski definition) is 0. The fourth-order valence-electron chi connectivity index (χ4n) is 1.50. The lowest BCUT2D eigenvalue weighted by molar-refractivity contribution is 0.305. The Morgan fingerprint density at radius 2 is 2.24 bits per heavy atom. The highest BCUT2D eigenvalue weighted by molar-refractivity contribution is 5.42. The Hall–Kier alpha value is -2.28. The van der Waals surface area contributed by atoms with Gasteiger partial charge in [0.1, 0.15) is 18.4 Å². The van der Waals surface area contributed by atoms with Crippen LogP contribution < -0.4 is 4.74 Å². The van der Waals surface area contributed by atoms with Gasteiger partial charge in [-0.25, -0.2) is 0 Å². The number of nitrogens with zero attached hydrogens (tertiary/aromatic N) is 3. The molecule has 4 heteroatoms. The van der Waals surface area contributed by atoms with E-state index in [9.17, 15) is 0 Å². The highest BCUT2D eigenvalue weighted by atomic mass is 16.5. The molecule has 0 saturated carbocycles. The maximum Gasteiger partial charge on any atom is 0.137 e. The van der Waals surface area contributed by atoms with Gasteiger partial charge in [-0.2, -0.15) is 10.4 Å². The number of aromatic nitrogens is 2. The quantitative estimate of drug-likeness (QED) is 0.805. The fourth-order valence-corrected chi connectivity index (χ4v) is 1.50. The Balaban J connectivity index is 2.05. The lowest BCUT2D eigenvalue weighted by Crippen LogP contribution is -1.96. The summed E-state index contributed by atoms with van der Waals surface area (Å²) in [5, 5.41) is 13.1. The Bertz CT molecular complexity index is 540. The number of hydrogen-bond acceptors (Lipinski definition) is 3. The second kappa shape index (κ2) is 5.17. The van der Waals surface area contributed by atoms with Crippen LogP contribution in [0.4, 0.5) is 0 Å². The summed E-state index contributed by atoms with van der Waals surface area (Å²) in [4.78, 5) is 0. The zero-order valence-corrected chi connectivity index (χ0v) is 9.63. The van der Waals surface area contributed by atoms with Crippen LogP contribution >= 0.6 is 0 Å². The SMILES string of the molecule is CCn1cc(COc2ccccc2C#N)cn1. The highest BCUT2D eigenvalue weighted by Gasteiger charge is 2.03. The predicted molar refractivity (Wildman–Crippen MR) is 63.4 cm³/mol. The minimum absolute atomic E-state index is 0.429. The molecular formula is C13H13N3O. The van der Waals surface area contributed by atoms with Crippen molar-refractivity contribution in [2.24, 2.45) is 0 Å². The molecule has 0 saturated heterocycles. The van der Waals surface area contributed by atoms with Gasteiger partial charge >= 0.3 is 0 Å². The number of para-hydroxylation sites is 1. The molecule has 0 aliphatic heterocycles. The summed E-state index contributed by atoms with van der Waals surface area (Å²) in [7, 11) is 0. The molecule has 0 spiro atoms. The van der Waals surface area contributed by atoms with Crippen molar-refractivity contribution in [1.29, 1.82) is 5.26 Å². The third-order valence-electron chi connectivity index (χ3n) is 2.41. The lowest BCUT2D eigenvalue weighted by atomic mass is 10.2. The van der Waals surface area contributed by atoms with Crippen LogP contribution in [0, 0.1) is 11.3 Å². The van der Waals surface area contributed by atoms with Crippen molar-refractivity contribution in [3.05, 3.63) is 47.8 Å². The van der Waals surface area contributed by atoms with Crippen LogP contribution in [0.15, 0.2) is 36.7 Å². The normalized spacial score (nSPS) is 9.88. The first-order valence-corrected chi connectivity index (χ1v) is 5.46. The molecule has 0 atom stereocenters. The zero-order chi connectivity index (χ0) is 12.1. The Morgan fingerprint density at radius 1 is 1.41 bits per heavy atom. The van der Waals surface area contributed by atoms with Gasteiger partial charge in [0, 0.05) is 18.3 Å². The van der Waals surface area contributed by atoms with Crippen molar-refractivity contribution in [1.82, 2.24) is 9.78 Å². The smallest absolute Gasteiger partial charge is 0.137 e. The molecular weight excluding hydrogens is 214 g/mol. The van der Waals surface area contributed by atoms with Crippen molar-refractivity contribution in [3.63, 3.8) is 0 Å². The molecule has 0 fully saturated rings. The van der Waals surface area contributed by atoms with Crippen LogP contribution in [0.25, 0.3) is 0 Å². The summed E-state index contributed by atoms with van der Waals surface area (Å²) in [6.07, 6.45) is 3.72. The number of rotatable bonds is 4. The average molecular weight is 227 g/mol. The third-order valence-corrected chi connectivity index (χ3v) is 2.41. The van der Waals surface area contributed by atoms with Crippen molar-refractivity contribution < 1.29 is 4.74 Å². The molecule has 0 aliphatic rings. The first-order valence-electron chi connectivity index (χ1n) is 5.46. The van der Waals surface area contributed by atoms with Crippen LogP contribution in [0.1, 0.15) is 18.1 Å². The Morgan fingerprint density at radius 3 is 2.94 bits per heavy atom. The number of ether oxygens (including phenoxy) is 1. The third kappa shape index (κ3) is 2.64. The molecule has 0 aliphatic carbocycles. The largest absolute Gasteiger partial charge is 0.487 e. The van der Waals surface area contributed by atoms with Gasteiger partial charge in [-0.3, -0.25) is 4.68 Å². The molecule has 17 heavy (non-hydrogen) atoms. The first-order chi connectivity index (χ1) is 8.33. The van der Waals surface area contributed by atoms with Crippen LogP contribution in [0.3, 0.4) is 0 Å². The summed E-state index contributed by atoms with van der Waals surface area (Å²) in [6.45, 7) is 3.30. The molecule has 0 radical (unpaired) electrons. The van der Waals surface area contributed by atoms with Crippen molar-refractivity contribution >= 4 is 0 Å². The standard InChI is InChI=1S/C13H13N3O/c1-2-16-9-11(8-15-16)10-17-13-6-4-3-5-12(13)7-14/h3-6,8-9H,2,10H2,1H3. The van der Waals surface area contributed by atoms with Crippen molar-refractivity contribution in [3.8, 4) is 11.8 Å². The van der Waals surface area contributed by atoms with E-state index in [0.29, 0.717) is 17.9 Å². The number of benzene rings is 1. The van der Waals surface area contributed by atoms with E-state index >= 15 is 0 Å². The molecule has 1 aromatic heterocycles. The molecule has 0 bridgehead atoms. The highest BCUT2D eigenvalue weighted by Crippen LogP contribution is 2.17. The van der Waals surface area contributed by atoms with E-state index in [4.69, 9.17) is 10.00 Å². The van der Waals surface area contributed by atoms with Gasteiger partial charge in [0.05, 0.1) is 11.8 Å². The molecule has 1 heterocycles. The van der Waals surface area contributed by atoms with Gasteiger partial charge < -0.3 is 4.74 Å². The van der Waals surface area contributed by atoms with E-state index in [2.05, 4.69) is 11.2 Å². The van der Waals surface area contributed by atoms with E-state index in [1.807, 2.05) is 29.9 Å². The summed E-state index contributed by atoms with van der Waals surface area (Å²) < 4.78 is 7.44. The minimum Gasteiger partial charge on any atom is -0.487 e. The molecule has 2 aromatic rings. The summed E-state index contributed by atoms with van der Waals surface area (Å²) >= 11 is 0. The first kappa shape index (κ1) is 11.2. The van der Waals surface area contributed by atoms with Crippen LogP contribution in [-0.4, -0.2) is 9.78 Å². The number of aryl methyl sites for hydroxylation is 1. The van der Waals surface area contributed by atoms with Gasteiger partial charge in [-0.05, 0) is 19.1 Å².